The molecular weight excluding hydrogens is 370 g/mol. The molecule has 0 aliphatic carbocycles. The third-order valence-corrected chi connectivity index (χ3v) is 4.40. The minimum absolute atomic E-state index is 0.165. The Morgan fingerprint density at radius 1 is 1.14 bits per heavy atom. The Morgan fingerprint density at radius 3 is 2.66 bits per heavy atom. The number of hydrogen-bond acceptors (Lipinski definition) is 5. The number of para-hydroxylation sites is 1. The topological polar surface area (TPSA) is 104 Å². The van der Waals surface area contributed by atoms with Crippen LogP contribution in [0.15, 0.2) is 59.7 Å². The monoisotopic (exact) mass is 391 g/mol. The third-order valence-electron chi connectivity index (χ3n) is 4.40. The van der Waals surface area contributed by atoms with Crippen molar-refractivity contribution in [3.8, 4) is 0 Å². The standard InChI is InChI=1S/C12H14N2O2.C10H7NO2/c1-3-16-12(15)9-6-8-4-5-14-10(8)7-11(9)13-2;12-6-7-5-11-9-4-2-1-3-8(9)10(7)13/h4-7,13-14H,3H2,1-2H3;1-6H,(H,11,13). The van der Waals surface area contributed by atoms with E-state index >= 15 is 0 Å². The van der Waals surface area contributed by atoms with Crippen LogP contribution >= 0.6 is 0 Å². The molecule has 0 aliphatic rings. The number of rotatable bonds is 4. The van der Waals surface area contributed by atoms with E-state index in [1.54, 1.807) is 32.2 Å². The van der Waals surface area contributed by atoms with E-state index in [4.69, 9.17) is 4.74 Å². The van der Waals surface area contributed by atoms with Gasteiger partial charge in [-0.2, -0.15) is 0 Å². The first-order valence-corrected chi connectivity index (χ1v) is 9.10. The van der Waals surface area contributed by atoms with Gasteiger partial charge >= 0.3 is 5.97 Å². The van der Waals surface area contributed by atoms with E-state index in [0.717, 1.165) is 22.1 Å². The van der Waals surface area contributed by atoms with Gasteiger partial charge in [0.2, 0.25) is 0 Å². The number of carbonyl (C=O) groups excluding carboxylic acids is 2. The fourth-order valence-electron chi connectivity index (χ4n) is 2.96. The van der Waals surface area contributed by atoms with E-state index in [9.17, 15) is 14.4 Å². The SMILES string of the molecule is CCOC(=O)c1cc2cc[nH]c2cc1NC.O=Cc1c[nH]c2ccccc2c1=O. The Balaban J connectivity index is 0.000000169. The molecule has 0 spiro atoms. The lowest BCUT2D eigenvalue weighted by molar-refractivity contribution is 0.0527. The number of aromatic amines is 2. The molecule has 0 aliphatic heterocycles. The van der Waals surface area contributed by atoms with Gasteiger partial charge in [0.15, 0.2) is 11.7 Å². The summed E-state index contributed by atoms with van der Waals surface area (Å²) >= 11 is 0. The lowest BCUT2D eigenvalue weighted by Gasteiger charge is -2.08. The summed E-state index contributed by atoms with van der Waals surface area (Å²) in [6.45, 7) is 2.18. The van der Waals surface area contributed by atoms with Gasteiger partial charge in [-0.25, -0.2) is 4.79 Å². The minimum atomic E-state index is -0.296. The third kappa shape index (κ3) is 4.19. The Kier molecular flexibility index (Phi) is 6.09. The Morgan fingerprint density at radius 2 is 1.93 bits per heavy atom. The fraction of sp³-hybridized carbons (Fsp3) is 0.136. The van der Waals surface area contributed by atoms with Crippen LogP contribution in [0.5, 0.6) is 0 Å². The average Bonchev–Trinajstić information content (AvgIpc) is 3.21. The Bertz CT molecular complexity index is 1220. The zero-order chi connectivity index (χ0) is 20.8. The largest absolute Gasteiger partial charge is 0.462 e. The molecule has 0 atom stereocenters. The van der Waals surface area contributed by atoms with Crippen molar-refractivity contribution in [3.05, 3.63) is 76.2 Å². The van der Waals surface area contributed by atoms with Crippen molar-refractivity contribution >= 4 is 39.7 Å². The number of fused-ring (bicyclic) bond motifs is 2. The fourth-order valence-corrected chi connectivity index (χ4v) is 2.96. The number of aldehydes is 1. The number of nitrogens with one attached hydrogen (secondary N) is 3. The molecule has 0 radical (unpaired) electrons. The highest BCUT2D eigenvalue weighted by molar-refractivity contribution is 6.01. The second-order valence-corrected chi connectivity index (χ2v) is 6.17. The first-order chi connectivity index (χ1) is 14.1. The summed E-state index contributed by atoms with van der Waals surface area (Å²) in [5.41, 5.74) is 3.03. The normalized spacial score (nSPS) is 10.3. The predicted octanol–water partition coefficient (Wildman–Crippen LogP) is 3.73. The number of esters is 1. The van der Waals surface area contributed by atoms with Gasteiger partial charge in [0.25, 0.3) is 0 Å². The summed E-state index contributed by atoms with van der Waals surface area (Å²) in [7, 11) is 1.78. The van der Waals surface area contributed by atoms with Crippen molar-refractivity contribution in [2.45, 2.75) is 6.92 Å². The van der Waals surface area contributed by atoms with Gasteiger partial charge in [-0.3, -0.25) is 9.59 Å². The molecule has 0 fully saturated rings. The second-order valence-electron chi connectivity index (χ2n) is 6.17. The van der Waals surface area contributed by atoms with E-state index < -0.39 is 0 Å². The predicted molar refractivity (Wildman–Crippen MR) is 114 cm³/mol. The second kappa shape index (κ2) is 8.88. The van der Waals surface area contributed by atoms with E-state index in [0.29, 0.717) is 23.8 Å². The van der Waals surface area contributed by atoms with Crippen molar-refractivity contribution in [2.24, 2.45) is 0 Å². The van der Waals surface area contributed by atoms with Crippen LogP contribution in [0.2, 0.25) is 0 Å². The van der Waals surface area contributed by atoms with E-state index in [1.165, 1.54) is 6.20 Å². The van der Waals surface area contributed by atoms with Crippen molar-refractivity contribution in [3.63, 3.8) is 0 Å². The smallest absolute Gasteiger partial charge is 0.340 e. The molecule has 4 aromatic rings. The van der Waals surface area contributed by atoms with Crippen LogP contribution in [-0.2, 0) is 4.74 Å². The molecule has 2 aromatic carbocycles. The molecule has 2 aromatic heterocycles. The molecule has 7 nitrogen and oxygen atoms in total. The average molecular weight is 391 g/mol. The van der Waals surface area contributed by atoms with Gasteiger partial charge < -0.3 is 20.0 Å². The van der Waals surface area contributed by atoms with Gasteiger partial charge in [-0.15, -0.1) is 0 Å². The van der Waals surface area contributed by atoms with E-state index in [1.807, 2.05) is 30.5 Å². The number of pyridine rings is 1. The number of benzene rings is 2. The minimum Gasteiger partial charge on any atom is -0.462 e. The Labute approximate surface area is 166 Å². The van der Waals surface area contributed by atoms with Crippen LogP contribution in [0.3, 0.4) is 0 Å². The quantitative estimate of drug-likeness (QED) is 0.363. The zero-order valence-corrected chi connectivity index (χ0v) is 16.1. The van der Waals surface area contributed by atoms with Crippen molar-refractivity contribution in [1.29, 1.82) is 0 Å². The maximum atomic E-state index is 11.7. The van der Waals surface area contributed by atoms with Gasteiger partial charge in [-0.1, -0.05) is 12.1 Å². The highest BCUT2D eigenvalue weighted by Crippen LogP contribution is 2.23. The van der Waals surface area contributed by atoms with Crippen molar-refractivity contribution < 1.29 is 14.3 Å². The van der Waals surface area contributed by atoms with Gasteiger partial charge in [0.1, 0.15) is 0 Å². The molecule has 3 N–H and O–H groups in total. The summed E-state index contributed by atoms with van der Waals surface area (Å²) in [6.07, 6.45) is 3.84. The van der Waals surface area contributed by atoms with Gasteiger partial charge in [0.05, 0.1) is 23.4 Å². The van der Waals surface area contributed by atoms with Crippen LogP contribution in [-0.4, -0.2) is 35.9 Å². The maximum Gasteiger partial charge on any atom is 0.340 e. The molecule has 29 heavy (non-hydrogen) atoms. The van der Waals surface area contributed by atoms with Crippen LogP contribution in [0.1, 0.15) is 27.6 Å². The number of H-pyrrole nitrogens is 2. The maximum absolute atomic E-state index is 11.7. The van der Waals surface area contributed by atoms with Crippen LogP contribution < -0.4 is 10.7 Å². The molecule has 0 saturated heterocycles. The number of carbonyl (C=O) groups is 2. The molecule has 0 amide bonds. The highest BCUT2D eigenvalue weighted by Gasteiger charge is 2.13. The lowest BCUT2D eigenvalue weighted by atomic mass is 10.1. The first kappa shape index (κ1) is 19.9. The molecule has 0 saturated carbocycles. The summed E-state index contributed by atoms with van der Waals surface area (Å²) in [5, 5.41) is 4.55. The number of ether oxygens (including phenoxy) is 1. The summed E-state index contributed by atoms with van der Waals surface area (Å²) in [4.78, 5) is 39.7. The summed E-state index contributed by atoms with van der Waals surface area (Å²) in [5.74, 6) is -0.296. The molecule has 4 rings (SSSR count). The number of hydrogen-bond donors (Lipinski definition) is 3. The van der Waals surface area contributed by atoms with E-state index in [2.05, 4.69) is 15.3 Å². The van der Waals surface area contributed by atoms with Crippen LogP contribution in [0, 0.1) is 0 Å². The van der Waals surface area contributed by atoms with Crippen molar-refractivity contribution in [2.75, 3.05) is 19.0 Å². The van der Waals surface area contributed by atoms with E-state index in [-0.39, 0.29) is 17.0 Å². The van der Waals surface area contributed by atoms with Crippen LogP contribution in [0.25, 0.3) is 21.8 Å². The number of aromatic nitrogens is 2. The summed E-state index contributed by atoms with van der Waals surface area (Å²) < 4.78 is 5.01. The molecular formula is C22H21N3O4. The Hall–Kier alpha value is -3.87. The van der Waals surface area contributed by atoms with Gasteiger partial charge in [-0.05, 0) is 37.3 Å². The molecule has 2 heterocycles. The van der Waals surface area contributed by atoms with Crippen molar-refractivity contribution in [1.82, 2.24) is 9.97 Å². The summed E-state index contributed by atoms with van der Waals surface area (Å²) in [6, 6.07) is 12.8. The molecule has 0 bridgehead atoms. The highest BCUT2D eigenvalue weighted by atomic mass is 16.5. The molecule has 7 heteroatoms. The first-order valence-electron chi connectivity index (χ1n) is 9.10. The zero-order valence-electron chi connectivity index (χ0n) is 16.1. The lowest BCUT2D eigenvalue weighted by Crippen LogP contribution is -2.08. The van der Waals surface area contributed by atoms with Gasteiger partial charge in [0, 0.05) is 41.2 Å². The number of anilines is 1. The molecule has 148 valence electrons. The van der Waals surface area contributed by atoms with Crippen LogP contribution in [0.4, 0.5) is 5.69 Å². The molecule has 0 unspecified atom stereocenters.